The quantitative estimate of drug-likeness (QED) is 0.342. The maximum atomic E-state index is 13.6. The van der Waals surface area contributed by atoms with Crippen LogP contribution in [0.2, 0.25) is 0 Å². The van der Waals surface area contributed by atoms with E-state index >= 15 is 0 Å². The minimum absolute atomic E-state index is 0.000575. The minimum atomic E-state index is 0.000575. The molecule has 1 fully saturated rings. The summed E-state index contributed by atoms with van der Waals surface area (Å²) < 4.78 is 0. The van der Waals surface area contributed by atoms with Crippen LogP contribution in [0.5, 0.6) is 0 Å². The highest BCUT2D eigenvalue weighted by molar-refractivity contribution is 8.18. The van der Waals surface area contributed by atoms with Gasteiger partial charge in [-0.05, 0) is 91.9 Å². The number of hydrogen-bond acceptors (Lipinski definition) is 4. The van der Waals surface area contributed by atoms with Crippen molar-refractivity contribution in [3.05, 3.63) is 100 Å². The lowest BCUT2D eigenvalue weighted by molar-refractivity contribution is -0.122. The number of fused-ring (bicyclic) bond motifs is 1. The fraction of sp³-hybridized carbons (Fsp3) is 0.290. The molecule has 0 saturated carbocycles. The molecule has 2 aliphatic heterocycles. The number of thioether (sulfide) groups is 1. The van der Waals surface area contributed by atoms with Gasteiger partial charge >= 0.3 is 0 Å². The Morgan fingerprint density at radius 2 is 1.72 bits per heavy atom. The number of carbonyl (C=O) groups is 1. The van der Waals surface area contributed by atoms with Crippen molar-refractivity contribution in [3.63, 3.8) is 0 Å². The van der Waals surface area contributed by atoms with Gasteiger partial charge in [-0.25, -0.2) is 4.99 Å². The number of anilines is 1. The molecule has 5 heteroatoms. The number of carbonyl (C=O) groups excluding carboxylic acids is 1. The van der Waals surface area contributed by atoms with Gasteiger partial charge in [0.25, 0.3) is 5.91 Å². The molecule has 0 bridgehead atoms. The van der Waals surface area contributed by atoms with E-state index in [1.54, 1.807) is 4.90 Å². The van der Waals surface area contributed by atoms with E-state index in [-0.39, 0.29) is 11.4 Å². The van der Waals surface area contributed by atoms with Gasteiger partial charge in [-0.15, -0.1) is 0 Å². The third kappa shape index (κ3) is 4.85. The smallest absolute Gasteiger partial charge is 0.267 e. The molecule has 4 nitrogen and oxygen atoms in total. The van der Waals surface area contributed by atoms with Crippen LogP contribution < -0.4 is 4.90 Å². The number of hydrogen-bond donors (Lipinski definition) is 0. The number of para-hydroxylation sites is 1. The number of benzene rings is 3. The SMILES string of the molecule is CCN1c2ccc(/C=C3/SC(=Nc4ccccc4)N(Cc4ccccc4)C3=O)cc2C(C)CC1(C)C. The molecule has 3 aromatic rings. The first-order valence-corrected chi connectivity index (χ1v) is 13.5. The molecule has 2 heterocycles. The number of aliphatic imine (C=N–C) groups is 1. The van der Waals surface area contributed by atoms with Crippen LogP contribution in [0, 0.1) is 0 Å². The van der Waals surface area contributed by atoms with Gasteiger partial charge in [0.05, 0.1) is 17.1 Å². The molecule has 1 unspecified atom stereocenters. The summed E-state index contributed by atoms with van der Waals surface area (Å²) in [5.41, 5.74) is 5.80. The highest BCUT2D eigenvalue weighted by Gasteiger charge is 2.36. The van der Waals surface area contributed by atoms with Gasteiger partial charge in [0, 0.05) is 17.8 Å². The van der Waals surface area contributed by atoms with Crippen LogP contribution in [0.25, 0.3) is 6.08 Å². The third-order valence-electron chi connectivity index (χ3n) is 7.08. The van der Waals surface area contributed by atoms with Gasteiger partial charge in [0.1, 0.15) is 0 Å². The van der Waals surface area contributed by atoms with Gasteiger partial charge in [-0.2, -0.15) is 0 Å². The van der Waals surface area contributed by atoms with Crippen LogP contribution >= 0.6 is 11.8 Å². The van der Waals surface area contributed by atoms with E-state index in [0.717, 1.165) is 29.8 Å². The third-order valence-corrected chi connectivity index (χ3v) is 8.08. The molecule has 3 aromatic carbocycles. The van der Waals surface area contributed by atoms with Crippen molar-refractivity contribution in [1.29, 1.82) is 0 Å². The van der Waals surface area contributed by atoms with Gasteiger partial charge in [0.15, 0.2) is 5.17 Å². The Labute approximate surface area is 218 Å². The van der Waals surface area contributed by atoms with Crippen molar-refractivity contribution in [2.75, 3.05) is 11.4 Å². The minimum Gasteiger partial charge on any atom is -0.366 e. The second kappa shape index (κ2) is 9.98. The molecule has 36 heavy (non-hydrogen) atoms. The van der Waals surface area contributed by atoms with Crippen molar-refractivity contribution < 1.29 is 4.79 Å². The molecule has 0 radical (unpaired) electrons. The van der Waals surface area contributed by atoms with E-state index in [4.69, 9.17) is 4.99 Å². The Morgan fingerprint density at radius 3 is 2.42 bits per heavy atom. The van der Waals surface area contributed by atoms with Crippen LogP contribution in [0.1, 0.15) is 56.7 Å². The van der Waals surface area contributed by atoms with E-state index < -0.39 is 0 Å². The molecule has 0 N–H and O–H groups in total. The van der Waals surface area contributed by atoms with Gasteiger partial charge in [-0.1, -0.05) is 61.5 Å². The first-order valence-electron chi connectivity index (χ1n) is 12.7. The molecule has 184 valence electrons. The Bertz CT molecular complexity index is 1310. The molecule has 2 aliphatic rings. The predicted molar refractivity (Wildman–Crippen MR) is 153 cm³/mol. The summed E-state index contributed by atoms with van der Waals surface area (Å²) in [6.45, 7) is 10.7. The normalized spacial score (nSPS) is 21.3. The lowest BCUT2D eigenvalue weighted by Gasteiger charge is -2.47. The lowest BCUT2D eigenvalue weighted by atomic mass is 9.79. The van der Waals surface area contributed by atoms with E-state index in [1.165, 1.54) is 23.0 Å². The van der Waals surface area contributed by atoms with Crippen LogP contribution in [0.4, 0.5) is 11.4 Å². The monoisotopic (exact) mass is 495 g/mol. The standard InChI is InChI=1S/C31H33N3OS/c1-5-34-27-17-16-24(18-26(27)22(2)20-31(34,3)4)19-28-29(35)33(21-23-12-8-6-9-13-23)30(36-28)32-25-14-10-7-11-15-25/h6-19,22H,5,20-21H2,1-4H3/b28-19+,32-30?. The molecule has 1 amide bonds. The maximum Gasteiger partial charge on any atom is 0.267 e. The van der Waals surface area contributed by atoms with Crippen molar-refractivity contribution in [2.24, 2.45) is 4.99 Å². The lowest BCUT2D eigenvalue weighted by Crippen LogP contribution is -2.48. The van der Waals surface area contributed by atoms with Gasteiger partial charge in [-0.3, -0.25) is 9.69 Å². The maximum absolute atomic E-state index is 13.6. The largest absolute Gasteiger partial charge is 0.366 e. The molecular formula is C31H33N3OS. The van der Waals surface area contributed by atoms with Crippen LogP contribution in [-0.4, -0.2) is 28.1 Å². The summed E-state index contributed by atoms with van der Waals surface area (Å²) in [4.78, 5) is 23.4. The second-order valence-electron chi connectivity index (χ2n) is 10.2. The highest BCUT2D eigenvalue weighted by atomic mass is 32.2. The van der Waals surface area contributed by atoms with Gasteiger partial charge in [0.2, 0.25) is 0 Å². The average Bonchev–Trinajstić information content (AvgIpc) is 3.14. The molecule has 5 rings (SSSR count). The number of nitrogens with zero attached hydrogens (tertiary/aromatic N) is 3. The van der Waals surface area contributed by atoms with E-state index in [2.05, 4.69) is 50.8 Å². The van der Waals surface area contributed by atoms with Crippen molar-refractivity contribution in [1.82, 2.24) is 4.90 Å². The summed E-state index contributed by atoms with van der Waals surface area (Å²) in [5.74, 6) is 0.466. The topological polar surface area (TPSA) is 35.9 Å². The van der Waals surface area contributed by atoms with E-state index in [1.807, 2.05) is 66.7 Å². The van der Waals surface area contributed by atoms with Crippen molar-refractivity contribution >= 4 is 40.3 Å². The summed E-state index contributed by atoms with van der Waals surface area (Å²) >= 11 is 1.46. The fourth-order valence-electron chi connectivity index (χ4n) is 5.46. The van der Waals surface area contributed by atoms with Crippen molar-refractivity contribution in [2.45, 2.75) is 52.1 Å². The van der Waals surface area contributed by atoms with Gasteiger partial charge < -0.3 is 4.90 Å². The number of amides is 1. The molecule has 0 aromatic heterocycles. The molecular weight excluding hydrogens is 462 g/mol. The number of rotatable bonds is 5. The molecule has 0 spiro atoms. The zero-order valence-corrected chi connectivity index (χ0v) is 22.3. The summed E-state index contributed by atoms with van der Waals surface area (Å²) in [6.07, 6.45) is 3.14. The average molecular weight is 496 g/mol. The van der Waals surface area contributed by atoms with Crippen LogP contribution in [-0.2, 0) is 11.3 Å². The predicted octanol–water partition coefficient (Wildman–Crippen LogP) is 7.60. The summed E-state index contributed by atoms with van der Waals surface area (Å²) in [5, 5.41) is 0.714. The Kier molecular flexibility index (Phi) is 6.76. The summed E-state index contributed by atoms with van der Waals surface area (Å²) in [6, 6.07) is 26.6. The Balaban J connectivity index is 1.50. The first kappa shape index (κ1) is 24.4. The highest BCUT2D eigenvalue weighted by Crippen LogP contribution is 2.44. The molecule has 1 atom stereocenters. The molecule has 0 aliphatic carbocycles. The number of amidine groups is 1. The van der Waals surface area contributed by atoms with Crippen LogP contribution in [0.15, 0.2) is 88.8 Å². The molecule has 1 saturated heterocycles. The fourth-order valence-corrected chi connectivity index (χ4v) is 6.46. The van der Waals surface area contributed by atoms with E-state index in [0.29, 0.717) is 22.5 Å². The second-order valence-corrected chi connectivity index (χ2v) is 11.2. The van der Waals surface area contributed by atoms with E-state index in [9.17, 15) is 4.79 Å². The van der Waals surface area contributed by atoms with Crippen molar-refractivity contribution in [3.8, 4) is 0 Å². The zero-order chi connectivity index (χ0) is 25.3. The summed E-state index contributed by atoms with van der Waals surface area (Å²) in [7, 11) is 0. The first-order chi connectivity index (χ1) is 17.4. The van der Waals surface area contributed by atoms with Crippen LogP contribution in [0.3, 0.4) is 0 Å². The zero-order valence-electron chi connectivity index (χ0n) is 21.4. The Morgan fingerprint density at radius 1 is 1.03 bits per heavy atom. The Hall–Kier alpha value is -3.31.